The lowest BCUT2D eigenvalue weighted by molar-refractivity contribution is -0.146. The van der Waals surface area contributed by atoms with Crippen molar-refractivity contribution in [2.45, 2.75) is 32.6 Å². The predicted octanol–water partition coefficient (Wildman–Crippen LogP) is 4.20. The molecule has 2 N–H and O–H groups in total. The number of aromatic nitrogens is 1. The van der Waals surface area contributed by atoms with Crippen LogP contribution in [-0.4, -0.2) is 30.6 Å². The first-order valence-corrected chi connectivity index (χ1v) is 9.47. The predicted molar refractivity (Wildman–Crippen MR) is 113 cm³/mol. The molecule has 0 fully saturated rings. The van der Waals surface area contributed by atoms with Gasteiger partial charge in [0.15, 0.2) is 6.61 Å². The average Bonchev–Trinajstić information content (AvgIpc) is 3.08. The zero-order chi connectivity index (χ0) is 21.0. The molecule has 0 aliphatic carbocycles. The minimum atomic E-state index is -0.458. The number of hydrogen-bond donors (Lipinski definition) is 2. The van der Waals surface area contributed by atoms with Gasteiger partial charge in [0.25, 0.3) is 5.91 Å². The lowest BCUT2D eigenvalue weighted by Crippen LogP contribution is -2.22. The number of hydrogen-bond acceptors (Lipinski definition) is 4. The number of ether oxygens (including phenoxy) is 2. The lowest BCUT2D eigenvalue weighted by Gasteiger charge is -2.21. The van der Waals surface area contributed by atoms with E-state index in [1.165, 1.54) is 0 Å². The number of para-hydroxylation sites is 1. The molecule has 0 bridgehead atoms. The summed E-state index contributed by atoms with van der Waals surface area (Å²) in [6, 6.07) is 13.4. The molecule has 0 atom stereocenters. The maximum atomic E-state index is 12.3. The summed E-state index contributed by atoms with van der Waals surface area (Å²) in [5.74, 6) is -0.321. The van der Waals surface area contributed by atoms with E-state index in [2.05, 4.69) is 31.1 Å². The van der Waals surface area contributed by atoms with E-state index in [0.717, 1.165) is 22.0 Å². The standard InChI is InChI=1S/C23H26N2O4/c1-23(2,3)16-9-10-20(28-4)19(12-16)25-21(26)14-29-22(27)11-15-13-24-18-8-6-5-7-17(15)18/h5-10,12-13,24H,11,14H2,1-4H3,(H,25,26). The Bertz CT molecular complexity index is 1030. The summed E-state index contributed by atoms with van der Waals surface area (Å²) < 4.78 is 10.5. The summed E-state index contributed by atoms with van der Waals surface area (Å²) in [4.78, 5) is 27.6. The second kappa shape index (κ2) is 8.39. The molecule has 1 amide bonds. The van der Waals surface area contributed by atoms with Gasteiger partial charge in [0, 0.05) is 17.1 Å². The largest absolute Gasteiger partial charge is 0.495 e. The highest BCUT2D eigenvalue weighted by Gasteiger charge is 2.18. The van der Waals surface area contributed by atoms with Gasteiger partial charge in [-0.2, -0.15) is 0 Å². The zero-order valence-corrected chi connectivity index (χ0v) is 17.2. The molecule has 3 aromatic rings. The Balaban J connectivity index is 1.60. The van der Waals surface area contributed by atoms with Crippen LogP contribution >= 0.6 is 0 Å². The van der Waals surface area contributed by atoms with Crippen LogP contribution in [-0.2, 0) is 26.2 Å². The molecule has 0 radical (unpaired) electrons. The van der Waals surface area contributed by atoms with Crippen LogP contribution in [0.2, 0.25) is 0 Å². The number of aromatic amines is 1. The van der Waals surface area contributed by atoms with Crippen molar-refractivity contribution in [2.75, 3.05) is 19.0 Å². The van der Waals surface area contributed by atoms with Crippen LogP contribution in [0.5, 0.6) is 5.75 Å². The van der Waals surface area contributed by atoms with Crippen molar-refractivity contribution in [1.82, 2.24) is 4.98 Å². The van der Waals surface area contributed by atoms with E-state index in [-0.39, 0.29) is 18.4 Å². The Kier molecular flexibility index (Phi) is 5.92. The molecule has 152 valence electrons. The van der Waals surface area contributed by atoms with Gasteiger partial charge in [-0.25, -0.2) is 0 Å². The van der Waals surface area contributed by atoms with Gasteiger partial charge in [-0.1, -0.05) is 45.0 Å². The Morgan fingerprint density at radius 3 is 2.59 bits per heavy atom. The van der Waals surface area contributed by atoms with Gasteiger partial charge < -0.3 is 19.8 Å². The van der Waals surface area contributed by atoms with Crippen molar-refractivity contribution in [3.63, 3.8) is 0 Å². The molecule has 1 aromatic heterocycles. The fourth-order valence-corrected chi connectivity index (χ4v) is 3.09. The molecular formula is C23H26N2O4. The number of esters is 1. The van der Waals surface area contributed by atoms with Gasteiger partial charge in [0.05, 0.1) is 19.2 Å². The highest BCUT2D eigenvalue weighted by atomic mass is 16.5. The summed E-state index contributed by atoms with van der Waals surface area (Å²) >= 11 is 0. The Labute approximate surface area is 170 Å². The third kappa shape index (κ3) is 4.96. The quantitative estimate of drug-likeness (QED) is 0.614. The summed E-state index contributed by atoms with van der Waals surface area (Å²) in [5, 5.41) is 3.74. The number of amides is 1. The second-order valence-corrected chi connectivity index (χ2v) is 7.91. The highest BCUT2D eigenvalue weighted by molar-refractivity contribution is 5.94. The van der Waals surface area contributed by atoms with E-state index in [9.17, 15) is 9.59 Å². The highest BCUT2D eigenvalue weighted by Crippen LogP contribution is 2.31. The number of nitrogens with one attached hydrogen (secondary N) is 2. The normalized spacial score (nSPS) is 11.3. The zero-order valence-electron chi connectivity index (χ0n) is 17.2. The molecule has 0 unspecified atom stereocenters. The van der Waals surface area contributed by atoms with Crippen LogP contribution < -0.4 is 10.1 Å². The molecule has 6 heteroatoms. The molecule has 29 heavy (non-hydrogen) atoms. The number of rotatable bonds is 6. The van der Waals surface area contributed by atoms with Crippen LogP contribution in [0.15, 0.2) is 48.7 Å². The van der Waals surface area contributed by atoms with Crippen LogP contribution in [0, 0.1) is 0 Å². The first-order valence-electron chi connectivity index (χ1n) is 9.47. The Hall–Kier alpha value is -3.28. The summed E-state index contributed by atoms with van der Waals surface area (Å²) in [7, 11) is 1.54. The first kappa shape index (κ1) is 20.5. The number of fused-ring (bicyclic) bond motifs is 1. The van der Waals surface area contributed by atoms with Crippen molar-refractivity contribution in [2.24, 2.45) is 0 Å². The fourth-order valence-electron chi connectivity index (χ4n) is 3.09. The van der Waals surface area contributed by atoms with Crippen molar-refractivity contribution in [3.8, 4) is 5.75 Å². The van der Waals surface area contributed by atoms with Crippen molar-refractivity contribution in [1.29, 1.82) is 0 Å². The molecule has 6 nitrogen and oxygen atoms in total. The van der Waals surface area contributed by atoms with Gasteiger partial charge in [-0.3, -0.25) is 9.59 Å². The van der Waals surface area contributed by atoms with Gasteiger partial charge in [0.1, 0.15) is 5.75 Å². The van der Waals surface area contributed by atoms with Crippen LogP contribution in [0.1, 0.15) is 31.9 Å². The van der Waals surface area contributed by atoms with E-state index >= 15 is 0 Å². The number of H-pyrrole nitrogens is 1. The molecule has 1 heterocycles. The van der Waals surface area contributed by atoms with Crippen molar-refractivity contribution >= 4 is 28.5 Å². The third-order valence-corrected chi connectivity index (χ3v) is 4.71. The number of carbonyl (C=O) groups is 2. The van der Waals surface area contributed by atoms with Crippen LogP contribution in [0.25, 0.3) is 10.9 Å². The molecular weight excluding hydrogens is 368 g/mol. The lowest BCUT2D eigenvalue weighted by atomic mass is 9.87. The van der Waals surface area contributed by atoms with E-state index in [4.69, 9.17) is 9.47 Å². The van der Waals surface area contributed by atoms with Gasteiger partial charge in [0.2, 0.25) is 0 Å². The van der Waals surface area contributed by atoms with E-state index in [1.54, 1.807) is 13.3 Å². The third-order valence-electron chi connectivity index (χ3n) is 4.71. The van der Waals surface area contributed by atoms with Gasteiger partial charge in [-0.05, 0) is 34.7 Å². The molecule has 0 saturated heterocycles. The monoisotopic (exact) mass is 394 g/mol. The fraction of sp³-hybridized carbons (Fsp3) is 0.304. The first-order chi connectivity index (χ1) is 13.8. The number of methoxy groups -OCH3 is 1. The topological polar surface area (TPSA) is 80.4 Å². The second-order valence-electron chi connectivity index (χ2n) is 7.91. The SMILES string of the molecule is COc1ccc(C(C)(C)C)cc1NC(=O)COC(=O)Cc1c[nH]c2ccccc12. The molecule has 3 rings (SSSR count). The number of carbonyl (C=O) groups excluding carboxylic acids is 2. The summed E-state index contributed by atoms with van der Waals surface area (Å²) in [6.07, 6.45) is 1.88. The molecule has 2 aromatic carbocycles. The van der Waals surface area contributed by atoms with E-state index in [0.29, 0.717) is 11.4 Å². The van der Waals surface area contributed by atoms with E-state index in [1.807, 2.05) is 42.5 Å². The Morgan fingerprint density at radius 1 is 1.10 bits per heavy atom. The maximum Gasteiger partial charge on any atom is 0.310 e. The summed E-state index contributed by atoms with van der Waals surface area (Å²) in [6.45, 7) is 5.91. The van der Waals surface area contributed by atoms with Crippen LogP contribution in [0.4, 0.5) is 5.69 Å². The van der Waals surface area contributed by atoms with E-state index < -0.39 is 11.9 Å². The average molecular weight is 394 g/mol. The number of benzene rings is 2. The molecule has 0 spiro atoms. The minimum Gasteiger partial charge on any atom is -0.495 e. The Morgan fingerprint density at radius 2 is 1.86 bits per heavy atom. The van der Waals surface area contributed by atoms with Crippen molar-refractivity contribution in [3.05, 3.63) is 59.8 Å². The number of anilines is 1. The molecule has 0 aliphatic heterocycles. The molecule has 0 aliphatic rings. The van der Waals surface area contributed by atoms with Gasteiger partial charge in [-0.15, -0.1) is 0 Å². The van der Waals surface area contributed by atoms with Crippen LogP contribution in [0.3, 0.4) is 0 Å². The van der Waals surface area contributed by atoms with Gasteiger partial charge >= 0.3 is 5.97 Å². The molecule has 0 saturated carbocycles. The maximum absolute atomic E-state index is 12.3. The van der Waals surface area contributed by atoms with Crippen molar-refractivity contribution < 1.29 is 19.1 Å². The minimum absolute atomic E-state index is 0.0719. The smallest absolute Gasteiger partial charge is 0.310 e. The summed E-state index contributed by atoms with van der Waals surface area (Å²) in [5.41, 5.74) is 3.34.